The number of nitrogens with zero attached hydrogens (tertiary/aromatic N) is 2. The molecule has 3 heterocycles. The molecule has 0 bridgehead atoms. The van der Waals surface area contributed by atoms with Gasteiger partial charge >= 0.3 is 5.97 Å². The van der Waals surface area contributed by atoms with Crippen molar-refractivity contribution >= 4 is 34.9 Å². The SMILES string of the molecule is CCOC(=O)C1=CC2C3C(=O)N(c4ccccc4OC)C(=O)C3C(C(=O)c3ccc([NH+]([O-])O)cc3)N2C=C1. The van der Waals surface area contributed by atoms with Crippen LogP contribution in [-0.2, 0) is 19.1 Å². The van der Waals surface area contributed by atoms with Gasteiger partial charge in [-0.1, -0.05) is 12.1 Å². The van der Waals surface area contributed by atoms with Gasteiger partial charge in [-0.25, -0.2) is 14.9 Å². The molecule has 38 heavy (non-hydrogen) atoms. The zero-order valence-corrected chi connectivity index (χ0v) is 20.6. The van der Waals surface area contributed by atoms with Crippen LogP contribution in [0.25, 0.3) is 0 Å². The molecule has 3 aliphatic rings. The average molecular weight is 520 g/mol. The zero-order chi connectivity index (χ0) is 27.1. The Morgan fingerprint density at radius 3 is 2.39 bits per heavy atom. The van der Waals surface area contributed by atoms with E-state index in [0.29, 0.717) is 5.75 Å². The van der Waals surface area contributed by atoms with Crippen molar-refractivity contribution in [3.63, 3.8) is 0 Å². The molecule has 0 spiro atoms. The van der Waals surface area contributed by atoms with E-state index in [0.717, 1.165) is 4.90 Å². The van der Waals surface area contributed by atoms with Crippen LogP contribution in [0.5, 0.6) is 5.75 Å². The number of quaternary nitrogens is 1. The molecule has 3 aliphatic heterocycles. The summed E-state index contributed by atoms with van der Waals surface area (Å²) in [6.45, 7) is 1.84. The lowest BCUT2D eigenvalue weighted by molar-refractivity contribution is -0.991. The minimum absolute atomic E-state index is 0.0121. The highest BCUT2D eigenvalue weighted by atomic mass is 16.8. The first-order valence-electron chi connectivity index (χ1n) is 12.0. The van der Waals surface area contributed by atoms with Crippen molar-refractivity contribution in [3.8, 4) is 5.75 Å². The average Bonchev–Trinajstić information content (AvgIpc) is 3.39. The van der Waals surface area contributed by atoms with Crippen molar-refractivity contribution in [2.75, 3.05) is 18.6 Å². The molecule has 2 saturated heterocycles. The quantitative estimate of drug-likeness (QED) is 0.239. The molecular formula is C27H25N3O8. The number of carbonyl (C=O) groups excluding carboxylic acids is 4. The summed E-state index contributed by atoms with van der Waals surface area (Å²) in [5, 5.41) is 19.3. The van der Waals surface area contributed by atoms with E-state index in [9.17, 15) is 29.6 Å². The largest absolute Gasteiger partial charge is 0.595 e. The van der Waals surface area contributed by atoms with Gasteiger partial charge in [-0.05, 0) is 43.3 Å². The van der Waals surface area contributed by atoms with Gasteiger partial charge in [-0.3, -0.25) is 14.4 Å². The van der Waals surface area contributed by atoms with Gasteiger partial charge < -0.3 is 19.6 Å². The standard InChI is InChI=1S/C27H25N3O8/c1-3-38-27(34)16-12-13-28-19(14-16)21-22(23(28)24(31)15-8-10-17(11-9-15)30(35)36)26(33)29(25(21)32)18-6-4-5-7-20(18)37-2/h4-14,19,21-23,30,35H,3H2,1-2H3. The van der Waals surface area contributed by atoms with Gasteiger partial charge in [0.05, 0.1) is 42.9 Å². The van der Waals surface area contributed by atoms with Crippen LogP contribution in [0.4, 0.5) is 11.4 Å². The van der Waals surface area contributed by atoms with Crippen molar-refractivity contribution in [2.45, 2.75) is 19.0 Å². The summed E-state index contributed by atoms with van der Waals surface area (Å²) in [7, 11) is 1.43. The number of rotatable bonds is 7. The maximum atomic E-state index is 13.9. The van der Waals surface area contributed by atoms with E-state index < -0.39 is 52.7 Å². The monoisotopic (exact) mass is 519 g/mol. The first-order chi connectivity index (χ1) is 18.3. The molecule has 2 fully saturated rings. The topological polar surface area (TPSA) is 141 Å². The number of ether oxygens (including phenoxy) is 2. The molecule has 11 heteroatoms. The first kappa shape index (κ1) is 25.3. The number of benzene rings is 2. The number of Topliss-reactive ketones (excluding diaryl/α,β-unsaturated/α-hetero) is 1. The van der Waals surface area contributed by atoms with E-state index in [-0.39, 0.29) is 29.1 Å². The third-order valence-corrected chi connectivity index (χ3v) is 7.07. The second kappa shape index (κ2) is 9.86. The number of imide groups is 1. The maximum absolute atomic E-state index is 13.9. The minimum Gasteiger partial charge on any atom is -0.595 e. The van der Waals surface area contributed by atoms with Crippen LogP contribution in [-0.4, -0.2) is 59.5 Å². The Morgan fingerprint density at radius 2 is 1.74 bits per heavy atom. The normalized spacial score (nSPS) is 24.6. The van der Waals surface area contributed by atoms with Crippen LogP contribution in [0.2, 0.25) is 0 Å². The second-order valence-corrected chi connectivity index (χ2v) is 9.02. The Balaban J connectivity index is 1.59. The van der Waals surface area contributed by atoms with Crippen molar-refractivity contribution in [1.29, 1.82) is 0 Å². The number of hydrogen-bond donors (Lipinski definition) is 2. The highest BCUT2D eigenvalue weighted by molar-refractivity contribution is 6.25. The number of nitrogens with one attached hydrogen (secondary N) is 1. The van der Waals surface area contributed by atoms with E-state index in [1.807, 2.05) is 0 Å². The van der Waals surface area contributed by atoms with Crippen LogP contribution in [0.15, 0.2) is 72.5 Å². The molecule has 2 aromatic carbocycles. The van der Waals surface area contributed by atoms with Crippen LogP contribution in [0.3, 0.4) is 0 Å². The predicted molar refractivity (Wildman–Crippen MR) is 132 cm³/mol. The summed E-state index contributed by atoms with van der Waals surface area (Å²) in [5.41, 5.74) is 0.702. The fourth-order valence-electron chi connectivity index (χ4n) is 5.40. The molecule has 2 N–H and O–H groups in total. The fraction of sp³-hybridized carbons (Fsp3) is 0.259. The summed E-state index contributed by atoms with van der Waals surface area (Å²) in [6.07, 6.45) is 4.60. The van der Waals surface area contributed by atoms with Crippen LogP contribution >= 0.6 is 0 Å². The Morgan fingerprint density at radius 1 is 1.05 bits per heavy atom. The Hall–Kier alpha value is -4.32. The molecule has 5 unspecified atom stereocenters. The van der Waals surface area contributed by atoms with Crippen molar-refractivity contribution in [3.05, 3.63) is 83.2 Å². The zero-order valence-electron chi connectivity index (χ0n) is 20.6. The van der Waals surface area contributed by atoms with Gasteiger partial charge in [0.1, 0.15) is 11.8 Å². The molecule has 11 nitrogen and oxygen atoms in total. The molecular weight excluding hydrogens is 494 g/mol. The van der Waals surface area contributed by atoms with Crippen LogP contribution < -0.4 is 14.9 Å². The summed E-state index contributed by atoms with van der Waals surface area (Å²) >= 11 is 0. The van der Waals surface area contributed by atoms with Crippen molar-refractivity contribution < 1.29 is 39.1 Å². The van der Waals surface area contributed by atoms with Gasteiger partial charge in [0.2, 0.25) is 11.8 Å². The van der Waals surface area contributed by atoms with Gasteiger partial charge in [-0.15, -0.1) is 0 Å². The molecule has 5 rings (SSSR count). The second-order valence-electron chi connectivity index (χ2n) is 9.02. The number of esters is 1. The Labute approximate surface area is 217 Å². The molecule has 2 amide bonds. The molecule has 0 aromatic heterocycles. The van der Waals surface area contributed by atoms with Crippen LogP contribution in [0, 0.1) is 17.0 Å². The summed E-state index contributed by atoms with van der Waals surface area (Å²) in [4.78, 5) is 56.7. The minimum atomic E-state index is -1.13. The lowest BCUT2D eigenvalue weighted by Gasteiger charge is -2.32. The third kappa shape index (κ3) is 3.97. The number of para-hydroxylation sites is 2. The lowest BCUT2D eigenvalue weighted by Crippen LogP contribution is -2.99. The lowest BCUT2D eigenvalue weighted by atomic mass is 9.86. The number of carbonyl (C=O) groups is 4. The summed E-state index contributed by atoms with van der Waals surface area (Å²) in [5.74, 6) is -3.76. The highest BCUT2D eigenvalue weighted by Gasteiger charge is 2.64. The number of hydrogen-bond acceptors (Lipinski definition) is 9. The number of methoxy groups -OCH3 is 1. The number of fused-ring (bicyclic) bond motifs is 3. The number of ketones is 1. The molecule has 2 aromatic rings. The van der Waals surface area contributed by atoms with E-state index in [1.54, 1.807) is 42.2 Å². The van der Waals surface area contributed by atoms with E-state index >= 15 is 0 Å². The van der Waals surface area contributed by atoms with E-state index in [2.05, 4.69) is 0 Å². The predicted octanol–water partition coefficient (Wildman–Crippen LogP) is 1.16. The van der Waals surface area contributed by atoms with Crippen LogP contribution in [0.1, 0.15) is 17.3 Å². The molecule has 196 valence electrons. The van der Waals surface area contributed by atoms with Crippen molar-refractivity contribution in [1.82, 2.24) is 4.90 Å². The van der Waals surface area contributed by atoms with Gasteiger partial charge in [0, 0.05) is 23.9 Å². The third-order valence-electron chi connectivity index (χ3n) is 7.07. The molecule has 0 aliphatic carbocycles. The maximum Gasteiger partial charge on any atom is 0.337 e. The van der Waals surface area contributed by atoms with Crippen molar-refractivity contribution in [2.24, 2.45) is 11.8 Å². The van der Waals surface area contributed by atoms with Gasteiger partial charge in [-0.2, -0.15) is 5.23 Å². The molecule has 0 radical (unpaired) electrons. The van der Waals surface area contributed by atoms with Gasteiger partial charge in [0.25, 0.3) is 0 Å². The van der Waals surface area contributed by atoms with Gasteiger partial charge in [0.15, 0.2) is 11.5 Å². The molecule has 5 atom stereocenters. The van der Waals surface area contributed by atoms with E-state index in [1.165, 1.54) is 43.7 Å². The number of anilines is 1. The summed E-state index contributed by atoms with van der Waals surface area (Å²) < 4.78 is 10.5. The van der Waals surface area contributed by atoms with E-state index in [4.69, 9.17) is 9.47 Å². The Kier molecular flexibility index (Phi) is 6.57. The first-order valence-corrected chi connectivity index (χ1v) is 12.0. The highest BCUT2D eigenvalue weighted by Crippen LogP contribution is 2.48. The number of amides is 2. The fourth-order valence-corrected chi connectivity index (χ4v) is 5.40. The molecule has 0 saturated carbocycles. The Bertz CT molecular complexity index is 1370. The smallest absolute Gasteiger partial charge is 0.337 e. The summed E-state index contributed by atoms with van der Waals surface area (Å²) in [6, 6.07) is 10.2.